The van der Waals surface area contributed by atoms with E-state index in [4.69, 9.17) is 0 Å². The molecule has 0 aliphatic carbocycles. The third-order valence-electron chi connectivity index (χ3n) is 4.67. The summed E-state index contributed by atoms with van der Waals surface area (Å²) in [5, 5.41) is 9.09. The van der Waals surface area contributed by atoms with Gasteiger partial charge >= 0.3 is 6.18 Å². The summed E-state index contributed by atoms with van der Waals surface area (Å²) < 4.78 is 40.1. The van der Waals surface area contributed by atoms with Gasteiger partial charge in [0, 0.05) is 19.4 Å². The molecule has 28 heavy (non-hydrogen) atoms. The largest absolute Gasteiger partial charge is 0.416 e. The highest BCUT2D eigenvalue weighted by molar-refractivity contribution is 5.94. The average Bonchev–Trinajstić information content (AvgIpc) is 3.26. The van der Waals surface area contributed by atoms with E-state index < -0.39 is 17.8 Å². The average molecular weight is 392 g/mol. The van der Waals surface area contributed by atoms with E-state index in [2.05, 4.69) is 21.5 Å². The SMILES string of the molecule is CN1C=C(NC(=O)C2=CNC3C=CC(c4ccccc4C(F)(F)F)NN23)CN1. The summed E-state index contributed by atoms with van der Waals surface area (Å²) in [5.41, 5.74) is 6.41. The minimum Gasteiger partial charge on any atom is -0.365 e. The Kier molecular flexibility index (Phi) is 4.52. The van der Waals surface area contributed by atoms with Gasteiger partial charge in [0.15, 0.2) is 0 Å². The Morgan fingerprint density at radius 3 is 2.75 bits per heavy atom. The summed E-state index contributed by atoms with van der Waals surface area (Å²) in [6.45, 7) is 0.487. The molecular formula is C18H19F3N6O. The number of rotatable bonds is 3. The zero-order valence-electron chi connectivity index (χ0n) is 14.9. The number of fused-ring (bicyclic) bond motifs is 1. The number of halogens is 3. The molecule has 1 aromatic rings. The van der Waals surface area contributed by atoms with Crippen LogP contribution in [0.25, 0.3) is 0 Å². The van der Waals surface area contributed by atoms with Crippen LogP contribution in [0.4, 0.5) is 13.2 Å². The molecule has 0 fully saturated rings. The van der Waals surface area contributed by atoms with Crippen LogP contribution in [0.2, 0.25) is 0 Å². The standard InChI is InChI=1S/C18H19F3N6O/c1-26-10-11(8-23-26)24-17(28)15-9-22-16-7-6-14(25-27(15)16)12-4-2-3-5-13(12)18(19,20)21/h2-7,9-10,14,16,22-23,25H,8H2,1H3,(H,24,28). The number of carbonyl (C=O) groups excluding carboxylic acids is 1. The fraction of sp³-hybridized carbons (Fsp3) is 0.278. The molecule has 0 radical (unpaired) electrons. The second kappa shape index (κ2) is 6.88. The maximum atomic E-state index is 13.4. The lowest BCUT2D eigenvalue weighted by Crippen LogP contribution is -2.51. The molecule has 4 N–H and O–H groups in total. The molecule has 1 amide bonds. The van der Waals surface area contributed by atoms with Gasteiger partial charge in [0.2, 0.25) is 0 Å². The highest BCUT2D eigenvalue weighted by atomic mass is 19.4. The predicted octanol–water partition coefficient (Wildman–Crippen LogP) is 1.30. The van der Waals surface area contributed by atoms with E-state index in [9.17, 15) is 18.0 Å². The lowest BCUT2D eigenvalue weighted by molar-refractivity contribution is -0.138. The Hall–Kier alpha value is -2.98. The molecule has 0 saturated heterocycles. The molecule has 3 aliphatic rings. The van der Waals surface area contributed by atoms with Crippen molar-refractivity contribution in [2.24, 2.45) is 0 Å². The van der Waals surface area contributed by atoms with Crippen molar-refractivity contribution in [2.45, 2.75) is 18.4 Å². The molecule has 148 valence electrons. The molecule has 0 spiro atoms. The van der Waals surface area contributed by atoms with Gasteiger partial charge in [-0.2, -0.15) is 13.2 Å². The molecule has 1 aromatic carbocycles. The van der Waals surface area contributed by atoms with E-state index >= 15 is 0 Å². The van der Waals surface area contributed by atoms with E-state index in [1.807, 2.05) is 7.05 Å². The van der Waals surface area contributed by atoms with Gasteiger partial charge in [-0.1, -0.05) is 24.3 Å². The van der Waals surface area contributed by atoms with E-state index in [1.165, 1.54) is 12.1 Å². The summed E-state index contributed by atoms with van der Waals surface area (Å²) in [5.74, 6) is -0.357. The number of nitrogens with one attached hydrogen (secondary N) is 4. The monoisotopic (exact) mass is 392 g/mol. The van der Waals surface area contributed by atoms with Gasteiger partial charge < -0.3 is 15.6 Å². The van der Waals surface area contributed by atoms with E-state index in [0.717, 1.165) is 6.07 Å². The first-order valence-corrected chi connectivity index (χ1v) is 8.67. The Balaban J connectivity index is 1.53. The van der Waals surface area contributed by atoms with Gasteiger partial charge in [0.25, 0.3) is 5.91 Å². The van der Waals surface area contributed by atoms with Crippen LogP contribution in [0.5, 0.6) is 0 Å². The van der Waals surface area contributed by atoms with Gasteiger partial charge in [-0.25, -0.2) is 10.9 Å². The predicted molar refractivity (Wildman–Crippen MR) is 95.3 cm³/mol. The van der Waals surface area contributed by atoms with Crippen molar-refractivity contribution in [3.63, 3.8) is 0 Å². The van der Waals surface area contributed by atoms with Crippen molar-refractivity contribution in [2.75, 3.05) is 13.6 Å². The molecule has 4 rings (SSSR count). The molecule has 3 aliphatic heterocycles. The van der Waals surface area contributed by atoms with Gasteiger partial charge in [-0.05, 0) is 17.7 Å². The third-order valence-corrected chi connectivity index (χ3v) is 4.67. The van der Waals surface area contributed by atoms with Crippen molar-refractivity contribution in [3.8, 4) is 0 Å². The van der Waals surface area contributed by atoms with Crippen LogP contribution in [-0.2, 0) is 11.0 Å². The van der Waals surface area contributed by atoms with Crippen LogP contribution in [0.1, 0.15) is 17.2 Å². The third kappa shape index (κ3) is 3.43. The molecule has 0 saturated carbocycles. The Morgan fingerprint density at radius 2 is 2.04 bits per heavy atom. The topological polar surface area (TPSA) is 71.7 Å². The number of carbonyl (C=O) groups is 1. The fourth-order valence-electron chi connectivity index (χ4n) is 3.35. The molecule has 7 nitrogen and oxygen atoms in total. The maximum Gasteiger partial charge on any atom is 0.416 e. The van der Waals surface area contributed by atoms with E-state index in [1.54, 1.807) is 40.6 Å². The Morgan fingerprint density at radius 1 is 1.25 bits per heavy atom. The van der Waals surface area contributed by atoms with E-state index in [0.29, 0.717) is 17.9 Å². The summed E-state index contributed by atoms with van der Waals surface area (Å²) in [4.78, 5) is 12.6. The van der Waals surface area contributed by atoms with Crippen LogP contribution >= 0.6 is 0 Å². The van der Waals surface area contributed by atoms with Crippen molar-refractivity contribution >= 4 is 5.91 Å². The lowest BCUT2D eigenvalue weighted by atomic mass is 9.99. The Bertz CT molecular complexity index is 878. The van der Waals surface area contributed by atoms with Crippen LogP contribution < -0.4 is 21.5 Å². The molecule has 2 atom stereocenters. The minimum atomic E-state index is -4.46. The highest BCUT2D eigenvalue weighted by Gasteiger charge is 2.38. The number of hydrogen-bond donors (Lipinski definition) is 4. The summed E-state index contributed by atoms with van der Waals surface area (Å²) >= 11 is 0. The zero-order chi connectivity index (χ0) is 19.9. The van der Waals surface area contributed by atoms with Crippen molar-refractivity contribution in [1.82, 2.24) is 31.5 Å². The van der Waals surface area contributed by atoms with Crippen LogP contribution in [0.15, 0.2) is 60.2 Å². The number of nitrogens with zero attached hydrogens (tertiary/aromatic N) is 2. The van der Waals surface area contributed by atoms with Gasteiger partial charge in [0.1, 0.15) is 11.9 Å². The molecule has 2 unspecified atom stereocenters. The number of hydrazine groups is 2. The van der Waals surface area contributed by atoms with Crippen LogP contribution in [0, 0.1) is 0 Å². The first-order valence-electron chi connectivity index (χ1n) is 8.67. The zero-order valence-corrected chi connectivity index (χ0v) is 14.9. The summed E-state index contributed by atoms with van der Waals surface area (Å²) in [6, 6.07) is 4.69. The second-order valence-corrected chi connectivity index (χ2v) is 6.64. The molecule has 0 bridgehead atoms. The quantitative estimate of drug-likeness (QED) is 0.582. The molecular weight excluding hydrogens is 373 g/mol. The molecule has 0 aromatic heterocycles. The summed E-state index contributed by atoms with van der Waals surface area (Å²) in [6.07, 6.45) is 1.87. The number of benzene rings is 1. The van der Waals surface area contributed by atoms with Crippen LogP contribution in [0.3, 0.4) is 0 Å². The van der Waals surface area contributed by atoms with Crippen LogP contribution in [-0.4, -0.2) is 35.7 Å². The number of hydrogen-bond acceptors (Lipinski definition) is 6. The number of amides is 1. The highest BCUT2D eigenvalue weighted by Crippen LogP contribution is 2.36. The Labute approximate surface area is 159 Å². The maximum absolute atomic E-state index is 13.4. The van der Waals surface area contributed by atoms with Gasteiger partial charge in [-0.3, -0.25) is 9.80 Å². The van der Waals surface area contributed by atoms with Crippen molar-refractivity contribution in [3.05, 3.63) is 71.3 Å². The van der Waals surface area contributed by atoms with Crippen molar-refractivity contribution in [1.29, 1.82) is 0 Å². The first-order chi connectivity index (χ1) is 13.3. The fourth-order valence-corrected chi connectivity index (χ4v) is 3.35. The van der Waals surface area contributed by atoms with Gasteiger partial charge in [-0.15, -0.1) is 0 Å². The summed E-state index contributed by atoms with van der Waals surface area (Å²) in [7, 11) is 1.81. The first kappa shape index (κ1) is 18.4. The lowest BCUT2D eigenvalue weighted by Gasteiger charge is -2.35. The molecule has 10 heteroatoms. The molecule has 3 heterocycles. The van der Waals surface area contributed by atoms with E-state index in [-0.39, 0.29) is 17.6 Å². The smallest absolute Gasteiger partial charge is 0.365 e. The van der Waals surface area contributed by atoms with Crippen molar-refractivity contribution < 1.29 is 18.0 Å². The minimum absolute atomic E-state index is 0.0979. The second-order valence-electron chi connectivity index (χ2n) is 6.64. The normalized spacial score (nSPS) is 23.9. The van der Waals surface area contributed by atoms with Gasteiger partial charge in [0.05, 0.1) is 23.8 Å². The number of alkyl halides is 3.